The smallest absolute Gasteiger partial charge is 0.259 e. The Bertz CT molecular complexity index is 872. The van der Waals surface area contributed by atoms with E-state index in [0.29, 0.717) is 17.1 Å². The van der Waals surface area contributed by atoms with E-state index in [1.54, 1.807) is 45.5 Å². The molecule has 0 radical (unpaired) electrons. The first-order valence-electron chi connectivity index (χ1n) is 7.74. The predicted molar refractivity (Wildman–Crippen MR) is 96.3 cm³/mol. The van der Waals surface area contributed by atoms with Gasteiger partial charge < -0.3 is 9.47 Å². The van der Waals surface area contributed by atoms with E-state index in [1.165, 1.54) is 4.90 Å². The van der Waals surface area contributed by atoms with Crippen molar-refractivity contribution in [3.05, 3.63) is 60.2 Å². The van der Waals surface area contributed by atoms with Crippen molar-refractivity contribution < 1.29 is 14.3 Å². The summed E-state index contributed by atoms with van der Waals surface area (Å²) in [5, 5.41) is 7.20. The third-order valence-corrected chi connectivity index (χ3v) is 3.93. The minimum absolute atomic E-state index is 0.160. The number of methoxy groups -OCH3 is 2. The molecule has 0 bridgehead atoms. The fourth-order valence-corrected chi connectivity index (χ4v) is 2.46. The maximum absolute atomic E-state index is 12.6. The van der Waals surface area contributed by atoms with E-state index in [-0.39, 0.29) is 5.91 Å². The lowest BCUT2D eigenvalue weighted by molar-refractivity contribution is 0.0992. The Kier molecular flexibility index (Phi) is 4.70. The summed E-state index contributed by atoms with van der Waals surface area (Å²) in [4.78, 5) is 14.1. The van der Waals surface area contributed by atoms with E-state index in [0.717, 1.165) is 17.0 Å². The van der Waals surface area contributed by atoms with Gasteiger partial charge in [-0.1, -0.05) is 6.07 Å². The van der Waals surface area contributed by atoms with Crippen molar-refractivity contribution in [2.45, 2.75) is 0 Å². The molecule has 0 saturated heterocycles. The van der Waals surface area contributed by atoms with Crippen LogP contribution in [-0.4, -0.2) is 37.4 Å². The van der Waals surface area contributed by atoms with E-state index in [2.05, 4.69) is 10.2 Å². The molecular weight excluding hydrogens is 318 g/mol. The molecule has 0 aliphatic rings. The highest BCUT2D eigenvalue weighted by atomic mass is 16.5. The first-order chi connectivity index (χ1) is 12.1. The van der Waals surface area contributed by atoms with Crippen molar-refractivity contribution in [1.29, 1.82) is 0 Å². The molecule has 1 amide bonds. The SMILES string of the molecule is COc1ccc(-c2cc(N(C)C(=O)c3cccc(OC)c3)n[nH]2)cc1. The van der Waals surface area contributed by atoms with Gasteiger partial charge in [0.25, 0.3) is 5.91 Å². The van der Waals surface area contributed by atoms with Crippen LogP contribution >= 0.6 is 0 Å². The minimum atomic E-state index is -0.160. The zero-order valence-electron chi connectivity index (χ0n) is 14.3. The lowest BCUT2D eigenvalue weighted by atomic mass is 10.1. The van der Waals surface area contributed by atoms with Crippen molar-refractivity contribution >= 4 is 11.7 Å². The Morgan fingerprint density at radius 3 is 2.40 bits per heavy atom. The number of carbonyl (C=O) groups is 1. The standard InChI is InChI=1S/C19H19N3O3/c1-22(19(23)14-5-4-6-16(11-14)25-3)18-12-17(20-21-18)13-7-9-15(24-2)10-8-13/h4-12H,1-3H3,(H,20,21). The number of hydrogen-bond acceptors (Lipinski definition) is 4. The Hall–Kier alpha value is -3.28. The van der Waals surface area contributed by atoms with Crippen LogP contribution in [0.5, 0.6) is 11.5 Å². The molecule has 0 fully saturated rings. The number of carbonyl (C=O) groups excluding carboxylic acids is 1. The number of nitrogens with one attached hydrogen (secondary N) is 1. The van der Waals surface area contributed by atoms with Gasteiger partial charge in [-0.25, -0.2) is 0 Å². The molecule has 0 saturated carbocycles. The van der Waals surface area contributed by atoms with Crippen LogP contribution in [0.1, 0.15) is 10.4 Å². The van der Waals surface area contributed by atoms with E-state index in [1.807, 2.05) is 30.3 Å². The summed E-state index contributed by atoms with van der Waals surface area (Å²) < 4.78 is 10.3. The molecule has 1 aromatic heterocycles. The van der Waals surface area contributed by atoms with Gasteiger partial charge in [0, 0.05) is 18.7 Å². The Balaban J connectivity index is 1.81. The number of amides is 1. The zero-order valence-corrected chi connectivity index (χ0v) is 14.3. The highest BCUT2D eigenvalue weighted by Crippen LogP contribution is 2.24. The van der Waals surface area contributed by atoms with Gasteiger partial charge in [0.1, 0.15) is 11.5 Å². The van der Waals surface area contributed by atoms with Crippen LogP contribution in [0.2, 0.25) is 0 Å². The second-order valence-corrected chi connectivity index (χ2v) is 5.46. The maximum Gasteiger partial charge on any atom is 0.259 e. The molecule has 0 atom stereocenters. The number of rotatable bonds is 5. The maximum atomic E-state index is 12.6. The number of H-pyrrole nitrogens is 1. The monoisotopic (exact) mass is 337 g/mol. The number of aromatic amines is 1. The number of ether oxygens (including phenoxy) is 2. The third-order valence-electron chi connectivity index (χ3n) is 3.93. The minimum Gasteiger partial charge on any atom is -0.497 e. The zero-order chi connectivity index (χ0) is 17.8. The van der Waals surface area contributed by atoms with Gasteiger partial charge in [-0.3, -0.25) is 14.8 Å². The summed E-state index contributed by atoms with van der Waals surface area (Å²) in [6, 6.07) is 16.5. The second kappa shape index (κ2) is 7.09. The van der Waals surface area contributed by atoms with Crippen molar-refractivity contribution in [3.8, 4) is 22.8 Å². The first kappa shape index (κ1) is 16.6. The highest BCUT2D eigenvalue weighted by Gasteiger charge is 2.17. The summed E-state index contributed by atoms with van der Waals surface area (Å²) in [7, 11) is 4.89. The van der Waals surface area contributed by atoms with Crippen LogP contribution in [0.15, 0.2) is 54.6 Å². The van der Waals surface area contributed by atoms with Crippen LogP contribution in [-0.2, 0) is 0 Å². The number of nitrogens with zero attached hydrogens (tertiary/aromatic N) is 2. The van der Waals surface area contributed by atoms with Crippen LogP contribution in [0.25, 0.3) is 11.3 Å². The molecule has 1 N–H and O–H groups in total. The molecule has 1 heterocycles. The van der Waals surface area contributed by atoms with Gasteiger partial charge >= 0.3 is 0 Å². The molecule has 128 valence electrons. The summed E-state index contributed by atoms with van der Waals surface area (Å²) in [5.41, 5.74) is 2.32. The Morgan fingerprint density at radius 1 is 1.00 bits per heavy atom. The molecule has 2 aromatic carbocycles. The quantitative estimate of drug-likeness (QED) is 0.775. The molecule has 3 rings (SSSR count). The van der Waals surface area contributed by atoms with Crippen molar-refractivity contribution in [2.24, 2.45) is 0 Å². The average molecular weight is 337 g/mol. The number of hydrogen-bond donors (Lipinski definition) is 1. The topological polar surface area (TPSA) is 67.4 Å². The highest BCUT2D eigenvalue weighted by molar-refractivity contribution is 6.05. The van der Waals surface area contributed by atoms with E-state index < -0.39 is 0 Å². The summed E-state index contributed by atoms with van der Waals surface area (Å²) in [5.74, 6) is 1.80. The summed E-state index contributed by atoms with van der Waals surface area (Å²) in [6.07, 6.45) is 0. The van der Waals surface area contributed by atoms with E-state index in [4.69, 9.17) is 9.47 Å². The first-order valence-corrected chi connectivity index (χ1v) is 7.74. The number of benzene rings is 2. The molecule has 25 heavy (non-hydrogen) atoms. The molecule has 6 nitrogen and oxygen atoms in total. The van der Waals surface area contributed by atoms with Gasteiger partial charge in [0.15, 0.2) is 5.82 Å². The van der Waals surface area contributed by atoms with Crippen molar-refractivity contribution in [2.75, 3.05) is 26.2 Å². The lowest BCUT2D eigenvalue weighted by Gasteiger charge is -2.14. The normalized spacial score (nSPS) is 10.4. The molecule has 3 aromatic rings. The van der Waals surface area contributed by atoms with E-state index in [9.17, 15) is 4.79 Å². The molecule has 0 aliphatic heterocycles. The summed E-state index contributed by atoms with van der Waals surface area (Å²) >= 11 is 0. The van der Waals surface area contributed by atoms with Crippen molar-refractivity contribution in [1.82, 2.24) is 10.2 Å². The third kappa shape index (κ3) is 3.47. The van der Waals surface area contributed by atoms with Gasteiger partial charge in [-0.15, -0.1) is 0 Å². The van der Waals surface area contributed by atoms with Crippen LogP contribution in [0.3, 0.4) is 0 Å². The average Bonchev–Trinajstić information content (AvgIpc) is 3.17. The fourth-order valence-electron chi connectivity index (χ4n) is 2.46. The van der Waals surface area contributed by atoms with Gasteiger partial charge in [-0.05, 0) is 48.0 Å². The van der Waals surface area contributed by atoms with E-state index >= 15 is 0 Å². The predicted octanol–water partition coefficient (Wildman–Crippen LogP) is 3.37. The van der Waals surface area contributed by atoms with Crippen LogP contribution in [0.4, 0.5) is 5.82 Å². The van der Waals surface area contributed by atoms with Gasteiger partial charge in [0.2, 0.25) is 0 Å². The van der Waals surface area contributed by atoms with Crippen molar-refractivity contribution in [3.63, 3.8) is 0 Å². The molecule has 0 spiro atoms. The number of aromatic nitrogens is 2. The Labute approximate surface area is 146 Å². The fraction of sp³-hybridized carbons (Fsp3) is 0.158. The summed E-state index contributed by atoms with van der Waals surface area (Å²) in [6.45, 7) is 0. The molecule has 6 heteroatoms. The van der Waals surface area contributed by atoms with Crippen LogP contribution < -0.4 is 14.4 Å². The molecule has 0 aliphatic carbocycles. The second-order valence-electron chi connectivity index (χ2n) is 5.46. The van der Waals surface area contributed by atoms with Crippen LogP contribution in [0, 0.1) is 0 Å². The number of anilines is 1. The van der Waals surface area contributed by atoms with Gasteiger partial charge in [0.05, 0.1) is 19.9 Å². The molecular formula is C19H19N3O3. The lowest BCUT2D eigenvalue weighted by Crippen LogP contribution is -2.26. The largest absolute Gasteiger partial charge is 0.497 e. The molecule has 0 unspecified atom stereocenters. The van der Waals surface area contributed by atoms with Gasteiger partial charge in [-0.2, -0.15) is 5.10 Å². The Morgan fingerprint density at radius 2 is 1.72 bits per heavy atom.